The van der Waals surface area contributed by atoms with Crippen LogP contribution >= 0.6 is 0 Å². The molecule has 0 bridgehead atoms. The molecule has 0 spiro atoms. The van der Waals surface area contributed by atoms with Gasteiger partial charge in [0.15, 0.2) is 0 Å². The monoisotopic (exact) mass is 298 g/mol. The van der Waals surface area contributed by atoms with Crippen molar-refractivity contribution in [3.8, 4) is 0 Å². The third kappa shape index (κ3) is 7.43. The quantitative estimate of drug-likeness (QED) is 0.684. The Kier molecular flexibility index (Phi) is 7.11. The van der Waals surface area contributed by atoms with Crippen LogP contribution in [0.25, 0.3) is 0 Å². The Morgan fingerprint density at radius 1 is 1.24 bits per heavy atom. The van der Waals surface area contributed by atoms with Crippen LogP contribution in [0.15, 0.2) is 0 Å². The van der Waals surface area contributed by atoms with Gasteiger partial charge in [0.05, 0.1) is 6.54 Å². The van der Waals surface area contributed by atoms with Crippen LogP contribution in [0.5, 0.6) is 0 Å². The molecule has 6 nitrogen and oxygen atoms in total. The smallest absolute Gasteiger partial charge is 0.321 e. The van der Waals surface area contributed by atoms with Gasteiger partial charge in [-0.15, -0.1) is 0 Å². The van der Waals surface area contributed by atoms with Gasteiger partial charge in [0.1, 0.15) is 0 Å². The molecule has 1 saturated carbocycles. The number of hydrogen-bond acceptors (Lipinski definition) is 4. The van der Waals surface area contributed by atoms with E-state index in [4.69, 9.17) is 5.73 Å². The molecule has 4 N–H and O–H groups in total. The number of carbonyl (C=O) groups is 2. The van der Waals surface area contributed by atoms with Gasteiger partial charge < -0.3 is 11.1 Å². The highest BCUT2D eigenvalue weighted by Gasteiger charge is 2.21. The lowest BCUT2D eigenvalue weighted by atomic mass is 9.93. The van der Waals surface area contributed by atoms with Crippen molar-refractivity contribution in [2.75, 3.05) is 26.7 Å². The summed E-state index contributed by atoms with van der Waals surface area (Å²) in [5.41, 5.74) is 5.64. The summed E-state index contributed by atoms with van der Waals surface area (Å²) < 4.78 is 0. The van der Waals surface area contributed by atoms with Crippen molar-refractivity contribution >= 4 is 11.9 Å². The third-order valence-electron chi connectivity index (χ3n) is 3.86. The zero-order valence-corrected chi connectivity index (χ0v) is 13.6. The van der Waals surface area contributed by atoms with Crippen LogP contribution in [-0.4, -0.2) is 49.6 Å². The molecular weight excluding hydrogens is 268 g/mol. The fraction of sp³-hybridized carbons (Fsp3) is 0.867. The Labute approximate surface area is 127 Å². The molecule has 21 heavy (non-hydrogen) atoms. The minimum atomic E-state index is -0.376. The lowest BCUT2D eigenvalue weighted by Crippen LogP contribution is -2.48. The van der Waals surface area contributed by atoms with Crippen molar-refractivity contribution in [1.82, 2.24) is 15.5 Å². The van der Waals surface area contributed by atoms with Crippen molar-refractivity contribution in [2.45, 2.75) is 52.0 Å². The van der Waals surface area contributed by atoms with Crippen molar-refractivity contribution in [1.29, 1.82) is 0 Å². The molecule has 0 aromatic heterocycles. The molecule has 122 valence electrons. The zero-order chi connectivity index (χ0) is 15.9. The molecule has 6 heteroatoms. The minimum absolute atomic E-state index is 0.0423. The number of likely N-dealkylation sites (N-methyl/N-ethyl adjacent to an activating group) is 1. The number of amides is 3. The maximum atomic E-state index is 11.8. The fourth-order valence-electron chi connectivity index (χ4n) is 2.73. The topological polar surface area (TPSA) is 87.5 Å². The van der Waals surface area contributed by atoms with E-state index in [0.29, 0.717) is 13.1 Å². The summed E-state index contributed by atoms with van der Waals surface area (Å²) >= 11 is 0. The van der Waals surface area contributed by atoms with Gasteiger partial charge in [0.25, 0.3) is 0 Å². The lowest BCUT2D eigenvalue weighted by Gasteiger charge is -2.28. The second kappa shape index (κ2) is 8.34. The Morgan fingerprint density at radius 3 is 2.43 bits per heavy atom. The predicted molar refractivity (Wildman–Crippen MR) is 83.9 cm³/mol. The van der Waals surface area contributed by atoms with E-state index in [1.807, 2.05) is 11.9 Å². The number of imide groups is 1. The first-order valence-electron chi connectivity index (χ1n) is 7.81. The predicted octanol–water partition coefficient (Wildman–Crippen LogP) is 1.06. The van der Waals surface area contributed by atoms with E-state index < -0.39 is 0 Å². The Hall–Kier alpha value is -1.14. The zero-order valence-electron chi connectivity index (χ0n) is 13.6. The highest BCUT2D eigenvalue weighted by molar-refractivity contribution is 5.95. The van der Waals surface area contributed by atoms with E-state index in [1.165, 1.54) is 6.42 Å². The van der Waals surface area contributed by atoms with Gasteiger partial charge in [-0.25, -0.2) is 4.79 Å². The maximum absolute atomic E-state index is 11.8. The summed E-state index contributed by atoms with van der Waals surface area (Å²) in [4.78, 5) is 25.5. The second-order valence-corrected chi connectivity index (χ2v) is 6.90. The second-order valence-electron chi connectivity index (χ2n) is 6.90. The number of nitrogens with one attached hydrogen (secondary N) is 2. The van der Waals surface area contributed by atoms with Gasteiger partial charge in [-0.2, -0.15) is 0 Å². The lowest BCUT2D eigenvalue weighted by molar-refractivity contribution is -0.121. The number of carbonyl (C=O) groups excluding carboxylic acids is 2. The number of rotatable bonds is 6. The molecule has 0 saturated heterocycles. The molecule has 1 aliphatic carbocycles. The number of nitrogens with zero attached hydrogens (tertiary/aromatic N) is 1. The number of nitrogens with two attached hydrogens (primary N) is 1. The van der Waals surface area contributed by atoms with Crippen molar-refractivity contribution in [3.63, 3.8) is 0 Å². The molecule has 0 aliphatic heterocycles. The maximum Gasteiger partial charge on any atom is 0.321 e. The van der Waals surface area contributed by atoms with Gasteiger partial charge >= 0.3 is 6.03 Å². The average Bonchev–Trinajstić information content (AvgIpc) is 2.38. The largest absolute Gasteiger partial charge is 0.335 e. The Morgan fingerprint density at radius 2 is 1.86 bits per heavy atom. The van der Waals surface area contributed by atoms with E-state index >= 15 is 0 Å². The molecular formula is C15H30N4O2. The summed E-state index contributed by atoms with van der Waals surface area (Å²) in [6.45, 7) is 5.57. The summed E-state index contributed by atoms with van der Waals surface area (Å²) in [5, 5.41) is 5.27. The highest BCUT2D eigenvalue weighted by Crippen LogP contribution is 2.17. The molecule has 1 aliphatic rings. The fourth-order valence-corrected chi connectivity index (χ4v) is 2.73. The van der Waals surface area contributed by atoms with Crippen LogP contribution in [-0.2, 0) is 4.79 Å². The van der Waals surface area contributed by atoms with Crippen molar-refractivity contribution < 1.29 is 9.59 Å². The number of urea groups is 1. The molecule has 3 amide bonds. The SMILES string of the molecule is CN(CC(=O)NC(=O)NC1CCCCC1)CC(C)(C)CN. The van der Waals surface area contributed by atoms with Crippen molar-refractivity contribution in [2.24, 2.45) is 11.1 Å². The van der Waals surface area contributed by atoms with E-state index in [9.17, 15) is 9.59 Å². The van der Waals surface area contributed by atoms with Crippen LogP contribution < -0.4 is 16.4 Å². The summed E-state index contributed by atoms with van der Waals surface area (Å²) in [6.07, 6.45) is 5.55. The molecule has 0 unspecified atom stereocenters. The molecule has 1 rings (SSSR count). The van der Waals surface area contributed by atoms with Crippen LogP contribution in [0, 0.1) is 5.41 Å². The van der Waals surface area contributed by atoms with E-state index in [2.05, 4.69) is 24.5 Å². The molecule has 0 radical (unpaired) electrons. The van der Waals surface area contributed by atoms with E-state index in [-0.39, 0.29) is 29.9 Å². The first-order valence-corrected chi connectivity index (χ1v) is 7.81. The molecule has 1 fully saturated rings. The first-order chi connectivity index (χ1) is 9.82. The average molecular weight is 298 g/mol. The van der Waals surface area contributed by atoms with Crippen LogP contribution in [0.3, 0.4) is 0 Å². The van der Waals surface area contributed by atoms with Crippen LogP contribution in [0.1, 0.15) is 46.0 Å². The highest BCUT2D eigenvalue weighted by atomic mass is 16.2. The van der Waals surface area contributed by atoms with Crippen LogP contribution in [0.4, 0.5) is 4.79 Å². The molecule has 0 aromatic rings. The third-order valence-corrected chi connectivity index (χ3v) is 3.86. The standard InChI is InChI=1S/C15H30N4O2/c1-15(2,10-16)11-19(3)9-13(20)18-14(21)17-12-7-5-4-6-8-12/h12H,4-11,16H2,1-3H3,(H2,17,18,20,21). The minimum Gasteiger partial charge on any atom is -0.335 e. The van der Waals surface area contributed by atoms with Gasteiger partial charge in [-0.05, 0) is 31.8 Å². The summed E-state index contributed by atoms with van der Waals surface area (Å²) in [7, 11) is 1.86. The summed E-state index contributed by atoms with van der Waals surface area (Å²) in [6, 6.07) is -0.168. The van der Waals surface area contributed by atoms with E-state index in [1.54, 1.807) is 0 Å². The molecule has 0 aromatic carbocycles. The normalized spacial score (nSPS) is 16.8. The first kappa shape index (κ1) is 17.9. The number of hydrogen-bond donors (Lipinski definition) is 3. The van der Waals surface area contributed by atoms with Gasteiger partial charge in [-0.3, -0.25) is 15.0 Å². The van der Waals surface area contributed by atoms with Crippen LogP contribution in [0.2, 0.25) is 0 Å². The van der Waals surface area contributed by atoms with Gasteiger partial charge in [-0.1, -0.05) is 33.1 Å². The Balaban J connectivity index is 2.27. The van der Waals surface area contributed by atoms with Gasteiger partial charge in [0, 0.05) is 12.6 Å². The molecule has 0 heterocycles. The van der Waals surface area contributed by atoms with Crippen molar-refractivity contribution in [3.05, 3.63) is 0 Å². The van der Waals surface area contributed by atoms with E-state index in [0.717, 1.165) is 25.7 Å². The summed E-state index contributed by atoms with van der Waals surface area (Å²) in [5.74, 6) is -0.279. The Bertz CT molecular complexity index is 352. The van der Waals surface area contributed by atoms with Gasteiger partial charge in [0.2, 0.25) is 5.91 Å². The molecule has 0 atom stereocenters.